The van der Waals surface area contributed by atoms with Gasteiger partial charge in [0.1, 0.15) is 12.1 Å². The monoisotopic (exact) mass is 608 g/mol. The molecule has 9 heteroatoms. The van der Waals surface area contributed by atoms with Crippen molar-refractivity contribution in [3.8, 4) is 12.3 Å². The summed E-state index contributed by atoms with van der Waals surface area (Å²) in [6, 6.07) is -1.52. The SMILES string of the molecule is C#CC[C@H](O)[C@H](O)[C@H](CC1CCCCC1)NC(=O)[C@H](CC1CC1)NC(=O)[C@H](CC1CCCCC1)CS(=O)(=O)C(C)(C)C. The molecule has 3 aliphatic carbocycles. The van der Waals surface area contributed by atoms with Gasteiger partial charge in [0.25, 0.3) is 0 Å². The lowest BCUT2D eigenvalue weighted by Gasteiger charge is -2.33. The highest BCUT2D eigenvalue weighted by Gasteiger charge is 2.39. The van der Waals surface area contributed by atoms with Crippen molar-refractivity contribution in [1.29, 1.82) is 0 Å². The fourth-order valence-electron chi connectivity index (χ4n) is 6.66. The molecule has 0 heterocycles. The van der Waals surface area contributed by atoms with Crippen molar-refractivity contribution in [3.05, 3.63) is 0 Å². The van der Waals surface area contributed by atoms with E-state index in [4.69, 9.17) is 6.42 Å². The number of aliphatic hydroxyl groups excluding tert-OH is 2. The Hall–Kier alpha value is -1.63. The van der Waals surface area contributed by atoms with Crippen molar-refractivity contribution in [2.24, 2.45) is 23.7 Å². The van der Waals surface area contributed by atoms with Crippen LogP contribution in [0.2, 0.25) is 0 Å². The molecule has 4 N–H and O–H groups in total. The third kappa shape index (κ3) is 10.8. The Morgan fingerprint density at radius 2 is 1.33 bits per heavy atom. The summed E-state index contributed by atoms with van der Waals surface area (Å²) in [4.78, 5) is 27.6. The second kappa shape index (κ2) is 15.9. The maximum atomic E-state index is 13.8. The number of nitrogens with one attached hydrogen (secondary N) is 2. The molecule has 3 fully saturated rings. The topological polar surface area (TPSA) is 133 Å². The maximum Gasteiger partial charge on any atom is 0.242 e. The Kier molecular flexibility index (Phi) is 13.2. The summed E-state index contributed by atoms with van der Waals surface area (Å²) in [5, 5.41) is 27.5. The van der Waals surface area contributed by atoms with Crippen molar-refractivity contribution in [1.82, 2.24) is 10.6 Å². The Labute approximate surface area is 254 Å². The van der Waals surface area contributed by atoms with Crippen molar-refractivity contribution in [2.75, 3.05) is 5.75 Å². The van der Waals surface area contributed by atoms with E-state index in [1.165, 1.54) is 12.8 Å². The van der Waals surface area contributed by atoms with Crippen LogP contribution in [-0.2, 0) is 19.4 Å². The third-order valence-electron chi connectivity index (χ3n) is 9.74. The summed E-state index contributed by atoms with van der Waals surface area (Å²) in [5.74, 6) is 1.60. The zero-order valence-corrected chi connectivity index (χ0v) is 27.0. The van der Waals surface area contributed by atoms with E-state index >= 15 is 0 Å². The Morgan fingerprint density at radius 3 is 1.83 bits per heavy atom. The molecule has 0 unspecified atom stereocenters. The molecule has 0 aromatic carbocycles. The largest absolute Gasteiger partial charge is 0.389 e. The second-order valence-corrected chi connectivity index (χ2v) is 17.2. The average Bonchev–Trinajstić information content (AvgIpc) is 3.76. The summed E-state index contributed by atoms with van der Waals surface area (Å²) >= 11 is 0. The van der Waals surface area contributed by atoms with E-state index in [0.29, 0.717) is 37.0 Å². The molecule has 0 aromatic heterocycles. The molecule has 2 amide bonds. The minimum absolute atomic E-state index is 0.0223. The van der Waals surface area contributed by atoms with E-state index < -0.39 is 50.7 Å². The number of aliphatic hydroxyl groups is 2. The van der Waals surface area contributed by atoms with Crippen LogP contribution < -0.4 is 10.6 Å². The van der Waals surface area contributed by atoms with Gasteiger partial charge in [-0.05, 0) is 57.8 Å². The van der Waals surface area contributed by atoms with Gasteiger partial charge in [0.2, 0.25) is 11.8 Å². The number of hydrogen-bond acceptors (Lipinski definition) is 6. The van der Waals surface area contributed by atoms with Crippen molar-refractivity contribution in [2.45, 2.75) is 153 Å². The van der Waals surface area contributed by atoms with Crippen LogP contribution >= 0.6 is 0 Å². The minimum atomic E-state index is -3.56. The number of terminal acetylenes is 1. The predicted molar refractivity (Wildman–Crippen MR) is 166 cm³/mol. The lowest BCUT2D eigenvalue weighted by atomic mass is 9.82. The summed E-state index contributed by atoms with van der Waals surface area (Å²) < 4.78 is 25.5. The van der Waals surface area contributed by atoms with Gasteiger partial charge < -0.3 is 20.8 Å². The molecule has 5 atom stereocenters. The standard InChI is InChI=1S/C33H56N2O6S/c1-5-12-29(36)30(37)27(20-24-15-10-7-11-16-24)34-32(39)28(21-25-17-18-25)35-31(38)26(19-23-13-8-6-9-14-23)22-42(40,41)33(2,3)4/h1,23-30,36-37H,6-22H2,2-4H3,(H,34,39)(H,35,38)/t26-,27+,28+,29+,30-/m1/s1. The van der Waals surface area contributed by atoms with Gasteiger partial charge in [0.15, 0.2) is 9.84 Å². The van der Waals surface area contributed by atoms with Crippen LogP contribution in [0.15, 0.2) is 0 Å². The summed E-state index contributed by atoms with van der Waals surface area (Å²) in [7, 11) is -3.56. The molecule has 0 aromatic rings. The van der Waals surface area contributed by atoms with Crippen molar-refractivity contribution in [3.63, 3.8) is 0 Å². The van der Waals surface area contributed by atoms with Gasteiger partial charge in [-0.1, -0.05) is 77.0 Å². The van der Waals surface area contributed by atoms with Crippen LogP contribution in [-0.4, -0.2) is 65.2 Å². The van der Waals surface area contributed by atoms with Gasteiger partial charge in [0.05, 0.1) is 28.6 Å². The molecule has 0 spiro atoms. The number of carbonyl (C=O) groups is 2. The van der Waals surface area contributed by atoms with Crippen molar-refractivity contribution < 1.29 is 28.2 Å². The molecule has 0 bridgehead atoms. The molecule has 0 aliphatic heterocycles. The first-order valence-corrected chi connectivity index (χ1v) is 18.1. The van der Waals surface area contributed by atoms with Crippen molar-refractivity contribution >= 4 is 21.7 Å². The number of sulfone groups is 1. The van der Waals surface area contributed by atoms with Crippen LogP contribution in [0.5, 0.6) is 0 Å². The van der Waals surface area contributed by atoms with E-state index in [-0.39, 0.29) is 18.1 Å². The normalized spacial score (nSPS) is 22.8. The molecular weight excluding hydrogens is 552 g/mol. The quantitative estimate of drug-likeness (QED) is 0.205. The number of rotatable bonds is 15. The Morgan fingerprint density at radius 1 is 0.810 bits per heavy atom. The maximum absolute atomic E-state index is 13.8. The van der Waals surface area contributed by atoms with Gasteiger partial charge in [0, 0.05) is 6.42 Å². The lowest BCUT2D eigenvalue weighted by molar-refractivity contribution is -0.132. The molecule has 0 radical (unpaired) electrons. The summed E-state index contributed by atoms with van der Waals surface area (Å²) in [6.07, 6.45) is 17.2. The van der Waals surface area contributed by atoms with Crippen LogP contribution in [0.25, 0.3) is 0 Å². The second-order valence-electron chi connectivity index (χ2n) is 14.4. The minimum Gasteiger partial charge on any atom is -0.389 e. The van der Waals surface area contributed by atoms with Crippen LogP contribution in [0.4, 0.5) is 0 Å². The molecule has 3 aliphatic rings. The van der Waals surface area contributed by atoms with E-state index in [9.17, 15) is 28.2 Å². The first-order chi connectivity index (χ1) is 19.8. The van der Waals surface area contributed by atoms with E-state index in [1.807, 2.05) is 0 Å². The van der Waals surface area contributed by atoms with E-state index in [2.05, 4.69) is 16.6 Å². The molecule has 42 heavy (non-hydrogen) atoms. The van der Waals surface area contributed by atoms with Crippen LogP contribution in [0.1, 0.15) is 124 Å². The molecular formula is C33H56N2O6S. The van der Waals surface area contributed by atoms with Gasteiger partial charge >= 0.3 is 0 Å². The lowest BCUT2D eigenvalue weighted by Crippen LogP contribution is -2.56. The van der Waals surface area contributed by atoms with Gasteiger partial charge in [-0.3, -0.25) is 9.59 Å². The average molecular weight is 609 g/mol. The molecule has 3 saturated carbocycles. The van der Waals surface area contributed by atoms with Gasteiger partial charge in [-0.2, -0.15) is 0 Å². The van der Waals surface area contributed by atoms with Gasteiger partial charge in [-0.25, -0.2) is 8.42 Å². The highest BCUT2D eigenvalue weighted by Crippen LogP contribution is 2.35. The highest BCUT2D eigenvalue weighted by atomic mass is 32.2. The van der Waals surface area contributed by atoms with Crippen LogP contribution in [0.3, 0.4) is 0 Å². The molecule has 8 nitrogen and oxygen atoms in total. The molecule has 0 saturated heterocycles. The van der Waals surface area contributed by atoms with Crippen LogP contribution in [0, 0.1) is 36.0 Å². The number of carbonyl (C=O) groups excluding carboxylic acids is 2. The van der Waals surface area contributed by atoms with Gasteiger partial charge in [-0.15, -0.1) is 12.3 Å². The fourth-order valence-corrected chi connectivity index (χ4v) is 7.97. The summed E-state index contributed by atoms with van der Waals surface area (Å²) in [6.45, 7) is 4.98. The van der Waals surface area contributed by atoms with E-state index in [1.54, 1.807) is 20.8 Å². The number of hydrogen-bond donors (Lipinski definition) is 4. The Bertz CT molecular complexity index is 1020. The number of amides is 2. The Balaban J connectivity index is 1.77. The van der Waals surface area contributed by atoms with E-state index in [0.717, 1.165) is 64.2 Å². The zero-order valence-electron chi connectivity index (χ0n) is 26.2. The molecule has 3 rings (SSSR count). The highest BCUT2D eigenvalue weighted by molar-refractivity contribution is 7.92. The predicted octanol–water partition coefficient (Wildman–Crippen LogP) is 4.27. The first kappa shape index (κ1) is 34.9. The molecule has 240 valence electrons. The smallest absolute Gasteiger partial charge is 0.242 e. The first-order valence-electron chi connectivity index (χ1n) is 16.4. The zero-order chi connectivity index (χ0) is 30.9. The summed E-state index contributed by atoms with van der Waals surface area (Å²) in [5.41, 5.74) is 0. The fraction of sp³-hybridized carbons (Fsp3) is 0.879. The third-order valence-corrected chi connectivity index (χ3v) is 12.4.